The molecule has 1 aromatic heterocycles. The van der Waals surface area contributed by atoms with Gasteiger partial charge in [0, 0.05) is 37.9 Å². The van der Waals surface area contributed by atoms with E-state index in [-0.39, 0.29) is 18.0 Å². The van der Waals surface area contributed by atoms with Gasteiger partial charge in [0.2, 0.25) is 5.88 Å². The molecular formula is C25H28FN3O4. The van der Waals surface area contributed by atoms with Gasteiger partial charge < -0.3 is 23.8 Å². The second kappa shape index (κ2) is 10.6. The van der Waals surface area contributed by atoms with Crippen LogP contribution in [0.25, 0.3) is 11.3 Å². The fourth-order valence-electron chi connectivity index (χ4n) is 3.93. The lowest BCUT2D eigenvalue weighted by atomic mass is 10.0. The van der Waals surface area contributed by atoms with Gasteiger partial charge in [0.25, 0.3) is 5.91 Å². The number of aryl methyl sites for hydroxylation is 1. The van der Waals surface area contributed by atoms with Crippen LogP contribution in [0.15, 0.2) is 53.1 Å². The smallest absolute Gasteiger partial charge is 0.254 e. The van der Waals surface area contributed by atoms with Gasteiger partial charge in [-0.3, -0.25) is 4.79 Å². The monoisotopic (exact) mass is 453 g/mol. The van der Waals surface area contributed by atoms with Crippen LogP contribution < -0.4 is 4.90 Å². The standard InChI is InChI=1S/C25H28FN3O4/c1-18-5-3-6-19(15-18)23-22(25(33-27-23)28-10-13-32-14-11-28)17-29(9-12-31-2)24(30)20-7-4-8-21(26)16-20/h3-8,15-16H,9-14,17H2,1-2H3. The molecule has 0 bridgehead atoms. The zero-order valence-electron chi connectivity index (χ0n) is 18.9. The molecule has 1 amide bonds. The van der Waals surface area contributed by atoms with Crippen LogP contribution in [0.2, 0.25) is 0 Å². The third kappa shape index (κ3) is 5.40. The number of anilines is 1. The second-order valence-corrected chi connectivity index (χ2v) is 8.01. The largest absolute Gasteiger partial charge is 0.383 e. The summed E-state index contributed by atoms with van der Waals surface area (Å²) < 4.78 is 30.4. The van der Waals surface area contributed by atoms with Gasteiger partial charge in [-0.1, -0.05) is 35.0 Å². The maximum Gasteiger partial charge on any atom is 0.254 e. The zero-order valence-corrected chi connectivity index (χ0v) is 18.9. The van der Waals surface area contributed by atoms with E-state index in [4.69, 9.17) is 14.0 Å². The summed E-state index contributed by atoms with van der Waals surface area (Å²) in [5.74, 6) is -0.105. The van der Waals surface area contributed by atoms with Gasteiger partial charge in [-0.2, -0.15) is 0 Å². The van der Waals surface area contributed by atoms with Crippen LogP contribution in [0.3, 0.4) is 0 Å². The van der Waals surface area contributed by atoms with Crippen molar-refractivity contribution in [2.75, 3.05) is 51.5 Å². The number of methoxy groups -OCH3 is 1. The summed E-state index contributed by atoms with van der Waals surface area (Å²) in [6, 6.07) is 13.7. The van der Waals surface area contributed by atoms with Gasteiger partial charge in [-0.15, -0.1) is 0 Å². The van der Waals surface area contributed by atoms with Gasteiger partial charge in [-0.05, 0) is 31.2 Å². The predicted octanol–water partition coefficient (Wildman–Crippen LogP) is 3.91. The Morgan fingerprint density at radius 1 is 1.18 bits per heavy atom. The highest BCUT2D eigenvalue weighted by Gasteiger charge is 2.27. The van der Waals surface area contributed by atoms with Crippen LogP contribution >= 0.6 is 0 Å². The Bertz CT molecular complexity index is 1090. The van der Waals surface area contributed by atoms with Crippen molar-refractivity contribution in [3.8, 4) is 11.3 Å². The molecule has 0 N–H and O–H groups in total. The van der Waals surface area contributed by atoms with Crippen LogP contribution in [0.4, 0.5) is 10.3 Å². The number of carbonyl (C=O) groups is 1. The molecule has 0 atom stereocenters. The number of ether oxygens (including phenoxy) is 2. The second-order valence-electron chi connectivity index (χ2n) is 8.01. The number of nitrogens with zero attached hydrogens (tertiary/aromatic N) is 3. The summed E-state index contributed by atoms with van der Waals surface area (Å²) in [7, 11) is 1.58. The van der Waals surface area contributed by atoms with Gasteiger partial charge in [0.1, 0.15) is 11.5 Å². The van der Waals surface area contributed by atoms with Crippen LogP contribution in [-0.4, -0.2) is 62.5 Å². The number of amides is 1. The number of hydrogen-bond donors (Lipinski definition) is 0. The summed E-state index contributed by atoms with van der Waals surface area (Å²) in [5, 5.41) is 4.40. The molecule has 0 aliphatic carbocycles. The van der Waals surface area contributed by atoms with Gasteiger partial charge in [0.15, 0.2) is 0 Å². The average Bonchev–Trinajstić information content (AvgIpc) is 3.25. The minimum Gasteiger partial charge on any atom is -0.383 e. The molecule has 8 heteroatoms. The average molecular weight is 454 g/mol. The Labute approximate surface area is 192 Å². The first-order valence-corrected chi connectivity index (χ1v) is 11.0. The molecule has 0 spiro atoms. The van der Waals surface area contributed by atoms with E-state index in [1.807, 2.05) is 31.2 Å². The first-order chi connectivity index (χ1) is 16.1. The van der Waals surface area contributed by atoms with E-state index in [9.17, 15) is 9.18 Å². The number of benzene rings is 2. The fourth-order valence-corrected chi connectivity index (χ4v) is 3.93. The van der Waals surface area contributed by atoms with Gasteiger partial charge in [0.05, 0.1) is 31.9 Å². The van der Waals surface area contributed by atoms with Gasteiger partial charge >= 0.3 is 0 Å². The normalized spacial score (nSPS) is 13.8. The lowest BCUT2D eigenvalue weighted by Crippen LogP contribution is -2.38. The molecule has 1 fully saturated rings. The van der Waals surface area contributed by atoms with E-state index in [0.29, 0.717) is 51.0 Å². The summed E-state index contributed by atoms with van der Waals surface area (Å²) in [6.45, 7) is 5.48. The Balaban J connectivity index is 1.73. The molecule has 7 nitrogen and oxygen atoms in total. The quantitative estimate of drug-likeness (QED) is 0.515. The molecule has 1 saturated heterocycles. The van der Waals surface area contributed by atoms with Crippen molar-refractivity contribution in [3.63, 3.8) is 0 Å². The highest BCUT2D eigenvalue weighted by Crippen LogP contribution is 2.33. The van der Waals surface area contributed by atoms with Crippen LogP contribution in [-0.2, 0) is 16.0 Å². The van der Waals surface area contributed by atoms with Crippen LogP contribution in [0.1, 0.15) is 21.5 Å². The predicted molar refractivity (Wildman–Crippen MR) is 123 cm³/mol. The molecule has 1 aliphatic rings. The Morgan fingerprint density at radius 2 is 1.97 bits per heavy atom. The molecule has 0 saturated carbocycles. The van der Waals surface area contributed by atoms with Crippen molar-refractivity contribution < 1.29 is 23.2 Å². The SMILES string of the molecule is COCCN(Cc1c(-c2cccc(C)c2)noc1N1CCOCC1)C(=O)c1cccc(F)c1. The Morgan fingerprint density at radius 3 is 2.70 bits per heavy atom. The highest BCUT2D eigenvalue weighted by molar-refractivity contribution is 5.94. The first-order valence-electron chi connectivity index (χ1n) is 11.0. The topological polar surface area (TPSA) is 68.0 Å². The molecule has 2 aromatic carbocycles. The highest BCUT2D eigenvalue weighted by atomic mass is 19.1. The first kappa shape index (κ1) is 22.9. The summed E-state index contributed by atoms with van der Waals surface area (Å²) in [6.07, 6.45) is 0. The van der Waals surface area contributed by atoms with Crippen molar-refractivity contribution in [2.45, 2.75) is 13.5 Å². The molecule has 3 aromatic rings. The molecular weight excluding hydrogens is 425 g/mol. The molecule has 2 heterocycles. The third-order valence-electron chi connectivity index (χ3n) is 5.63. The number of halogens is 1. The molecule has 0 radical (unpaired) electrons. The molecule has 174 valence electrons. The van der Waals surface area contributed by atoms with Crippen LogP contribution in [0, 0.1) is 12.7 Å². The summed E-state index contributed by atoms with van der Waals surface area (Å²) in [4.78, 5) is 17.1. The van der Waals surface area contributed by atoms with E-state index in [1.54, 1.807) is 18.1 Å². The molecule has 1 aliphatic heterocycles. The van der Waals surface area contributed by atoms with Crippen molar-refractivity contribution in [1.29, 1.82) is 0 Å². The van der Waals surface area contributed by atoms with E-state index in [0.717, 1.165) is 16.7 Å². The van der Waals surface area contributed by atoms with E-state index < -0.39 is 5.82 Å². The summed E-state index contributed by atoms with van der Waals surface area (Å²) in [5.41, 5.74) is 3.80. The molecule has 4 rings (SSSR count). The summed E-state index contributed by atoms with van der Waals surface area (Å²) >= 11 is 0. The van der Waals surface area contributed by atoms with Crippen molar-refractivity contribution in [1.82, 2.24) is 10.1 Å². The maximum atomic E-state index is 13.8. The lowest BCUT2D eigenvalue weighted by molar-refractivity contribution is 0.0679. The fraction of sp³-hybridized carbons (Fsp3) is 0.360. The van der Waals surface area contributed by atoms with Crippen molar-refractivity contribution >= 4 is 11.8 Å². The molecule has 0 unspecified atom stereocenters. The third-order valence-corrected chi connectivity index (χ3v) is 5.63. The minimum atomic E-state index is -0.452. The molecule has 33 heavy (non-hydrogen) atoms. The Hall–Kier alpha value is -3.23. The Kier molecular flexibility index (Phi) is 7.36. The van der Waals surface area contributed by atoms with E-state index in [2.05, 4.69) is 10.1 Å². The number of carbonyl (C=O) groups excluding carboxylic acids is 1. The zero-order chi connectivity index (χ0) is 23.2. The number of rotatable bonds is 8. The van der Waals surface area contributed by atoms with Crippen molar-refractivity contribution in [3.05, 3.63) is 71.0 Å². The number of aromatic nitrogens is 1. The minimum absolute atomic E-state index is 0.248. The van der Waals surface area contributed by atoms with Crippen LogP contribution in [0.5, 0.6) is 0 Å². The van der Waals surface area contributed by atoms with E-state index in [1.165, 1.54) is 18.2 Å². The number of hydrogen-bond acceptors (Lipinski definition) is 6. The lowest BCUT2D eigenvalue weighted by Gasteiger charge is -2.28. The number of morpholine rings is 1. The van der Waals surface area contributed by atoms with E-state index >= 15 is 0 Å². The van der Waals surface area contributed by atoms with Crippen molar-refractivity contribution in [2.24, 2.45) is 0 Å². The maximum absolute atomic E-state index is 13.8. The van der Waals surface area contributed by atoms with Gasteiger partial charge in [-0.25, -0.2) is 4.39 Å².